The Morgan fingerprint density at radius 1 is 1.17 bits per heavy atom. The Bertz CT molecular complexity index is 1820. The molecule has 2 atom stereocenters. The van der Waals surface area contributed by atoms with Crippen molar-refractivity contribution < 1.29 is 5.11 Å². The molecule has 0 spiro atoms. The molecular formula is C33H39N7O2. The van der Waals surface area contributed by atoms with Crippen LogP contribution < -0.4 is 10.9 Å². The van der Waals surface area contributed by atoms with E-state index in [0.29, 0.717) is 41.3 Å². The third-order valence-electron chi connectivity index (χ3n) is 9.74. The first-order valence-electron chi connectivity index (χ1n) is 15.1. The van der Waals surface area contributed by atoms with E-state index in [4.69, 9.17) is 9.97 Å². The Labute approximate surface area is 245 Å². The fourth-order valence-electron chi connectivity index (χ4n) is 7.85. The van der Waals surface area contributed by atoms with Crippen molar-refractivity contribution >= 4 is 22.7 Å². The number of nitrogens with one attached hydrogen (secondary N) is 1. The van der Waals surface area contributed by atoms with Crippen molar-refractivity contribution in [3.05, 3.63) is 80.9 Å². The molecule has 2 N–H and O–H groups in total. The SMILES string of the molecule is C=CCn1c(=O)c2cnc(Nc3cc4c5c(c3)CN(C)CC5(C)CCC4)nc2n1-c1cc(C)c2c(n1)C(O)(CC)CC2. The van der Waals surface area contributed by atoms with E-state index in [-0.39, 0.29) is 17.5 Å². The van der Waals surface area contributed by atoms with Crippen LogP contribution in [0.3, 0.4) is 0 Å². The van der Waals surface area contributed by atoms with Crippen LogP contribution in [-0.4, -0.2) is 47.9 Å². The number of fused-ring (bicyclic) bond motifs is 2. The lowest BCUT2D eigenvalue weighted by molar-refractivity contribution is 0.0305. The summed E-state index contributed by atoms with van der Waals surface area (Å²) in [5.41, 5.74) is 7.58. The van der Waals surface area contributed by atoms with Gasteiger partial charge < -0.3 is 15.3 Å². The number of aliphatic hydroxyl groups is 1. The fraction of sp³-hybridized carbons (Fsp3) is 0.455. The van der Waals surface area contributed by atoms with Crippen LogP contribution in [0.25, 0.3) is 16.9 Å². The van der Waals surface area contributed by atoms with Crippen LogP contribution in [0.1, 0.15) is 73.0 Å². The highest BCUT2D eigenvalue weighted by Crippen LogP contribution is 2.44. The molecule has 3 aliphatic rings. The lowest BCUT2D eigenvalue weighted by Crippen LogP contribution is -2.44. The molecule has 4 heterocycles. The lowest BCUT2D eigenvalue weighted by Gasteiger charge is -2.45. The third-order valence-corrected chi connectivity index (χ3v) is 9.74. The summed E-state index contributed by atoms with van der Waals surface area (Å²) in [5, 5.41) is 15.2. The van der Waals surface area contributed by atoms with Gasteiger partial charge in [0, 0.05) is 30.4 Å². The first-order valence-corrected chi connectivity index (χ1v) is 15.1. The van der Waals surface area contributed by atoms with Crippen molar-refractivity contribution in [1.29, 1.82) is 0 Å². The molecule has 9 nitrogen and oxygen atoms in total. The van der Waals surface area contributed by atoms with Crippen molar-refractivity contribution in [3.8, 4) is 5.82 Å². The maximum atomic E-state index is 13.5. The molecule has 9 heteroatoms. The summed E-state index contributed by atoms with van der Waals surface area (Å²) in [5.74, 6) is 0.976. The summed E-state index contributed by atoms with van der Waals surface area (Å²) in [6, 6.07) is 6.47. The van der Waals surface area contributed by atoms with Crippen LogP contribution in [0.5, 0.6) is 0 Å². The van der Waals surface area contributed by atoms with E-state index in [0.717, 1.165) is 42.7 Å². The molecule has 0 amide bonds. The Hall–Kier alpha value is -3.82. The molecular weight excluding hydrogens is 526 g/mol. The molecule has 0 fully saturated rings. The summed E-state index contributed by atoms with van der Waals surface area (Å²) in [6.07, 6.45) is 8.79. The number of rotatable bonds is 6. The topological polar surface area (TPSA) is 101 Å². The van der Waals surface area contributed by atoms with Gasteiger partial charge in [-0.15, -0.1) is 6.58 Å². The monoisotopic (exact) mass is 565 g/mol. The van der Waals surface area contributed by atoms with Crippen LogP contribution in [0.4, 0.5) is 11.6 Å². The van der Waals surface area contributed by atoms with E-state index in [2.05, 4.69) is 47.9 Å². The predicted octanol–water partition coefficient (Wildman–Crippen LogP) is 4.80. The number of aromatic nitrogens is 5. The predicted molar refractivity (Wildman–Crippen MR) is 165 cm³/mol. The second kappa shape index (κ2) is 9.61. The number of allylic oxidation sites excluding steroid dienone is 1. The minimum atomic E-state index is -0.971. The van der Waals surface area contributed by atoms with E-state index in [1.54, 1.807) is 21.6 Å². The first-order chi connectivity index (χ1) is 20.1. The second-order valence-electron chi connectivity index (χ2n) is 12.8. The molecule has 0 saturated carbocycles. The Morgan fingerprint density at radius 3 is 2.76 bits per heavy atom. The normalized spacial score (nSPS) is 23.2. The van der Waals surface area contributed by atoms with Gasteiger partial charge in [0.15, 0.2) is 11.5 Å². The Kier molecular flexibility index (Phi) is 6.18. The maximum Gasteiger partial charge on any atom is 0.278 e. The molecule has 1 aromatic carbocycles. The average molecular weight is 566 g/mol. The van der Waals surface area contributed by atoms with E-state index >= 15 is 0 Å². The molecule has 0 bridgehead atoms. The molecule has 218 valence electrons. The first kappa shape index (κ1) is 27.0. The summed E-state index contributed by atoms with van der Waals surface area (Å²) in [4.78, 5) is 30.4. The number of aryl methyl sites for hydroxylation is 2. The van der Waals surface area contributed by atoms with Gasteiger partial charge in [-0.05, 0) is 98.5 Å². The van der Waals surface area contributed by atoms with Crippen LogP contribution >= 0.6 is 0 Å². The smallest absolute Gasteiger partial charge is 0.278 e. The zero-order chi connectivity index (χ0) is 29.4. The van der Waals surface area contributed by atoms with Gasteiger partial charge in [0.1, 0.15) is 11.0 Å². The highest BCUT2D eigenvalue weighted by Gasteiger charge is 2.39. The van der Waals surface area contributed by atoms with Gasteiger partial charge in [0.2, 0.25) is 5.95 Å². The maximum absolute atomic E-state index is 13.5. The van der Waals surface area contributed by atoms with Gasteiger partial charge >= 0.3 is 0 Å². The summed E-state index contributed by atoms with van der Waals surface area (Å²) < 4.78 is 3.34. The molecule has 3 aromatic heterocycles. The van der Waals surface area contributed by atoms with Gasteiger partial charge in [0.05, 0.1) is 12.2 Å². The quantitative estimate of drug-likeness (QED) is 0.324. The zero-order valence-electron chi connectivity index (χ0n) is 25.0. The number of nitrogens with zero attached hydrogens (tertiary/aromatic N) is 6. The number of anilines is 2. The minimum Gasteiger partial charge on any atom is -0.384 e. The minimum absolute atomic E-state index is 0.193. The summed E-state index contributed by atoms with van der Waals surface area (Å²) in [6.45, 7) is 12.6. The number of benzene rings is 1. The standard InChI is InChI=1S/C33H39N7O2/c1-6-13-39-30(41)25-17-34-31(35-23-15-21-9-8-11-32(4)19-38(5)18-22(16-23)27(21)32)37-29(25)40(39)26-14-20(3)24-10-12-33(42,7-2)28(24)36-26/h6,14-17,42H,1,7-13,18-19H2,2-5H3,(H,34,35,37). The number of hydrogen-bond donors (Lipinski definition) is 2. The molecule has 2 unspecified atom stereocenters. The fourth-order valence-corrected chi connectivity index (χ4v) is 7.85. The molecule has 4 aromatic rings. The van der Waals surface area contributed by atoms with E-state index in [1.165, 1.54) is 29.5 Å². The van der Waals surface area contributed by atoms with Gasteiger partial charge in [-0.2, -0.15) is 4.98 Å². The van der Waals surface area contributed by atoms with E-state index < -0.39 is 5.60 Å². The zero-order valence-corrected chi connectivity index (χ0v) is 25.0. The number of hydrogen-bond acceptors (Lipinski definition) is 7. The molecule has 0 saturated heterocycles. The van der Waals surface area contributed by atoms with Gasteiger partial charge in [-0.25, -0.2) is 19.3 Å². The summed E-state index contributed by atoms with van der Waals surface area (Å²) in [7, 11) is 2.20. The highest BCUT2D eigenvalue weighted by atomic mass is 16.3. The van der Waals surface area contributed by atoms with Crippen molar-refractivity contribution in [2.75, 3.05) is 18.9 Å². The van der Waals surface area contributed by atoms with Crippen LogP contribution in [0, 0.1) is 6.92 Å². The molecule has 1 aliphatic heterocycles. The molecule has 7 rings (SSSR count). The van der Waals surface area contributed by atoms with Crippen LogP contribution in [0.2, 0.25) is 0 Å². The molecule has 42 heavy (non-hydrogen) atoms. The van der Waals surface area contributed by atoms with Gasteiger partial charge in [-0.3, -0.25) is 4.79 Å². The highest BCUT2D eigenvalue weighted by molar-refractivity contribution is 5.77. The number of likely N-dealkylation sites (N-methyl/N-ethyl adjacent to an activating group) is 1. The molecule has 2 aliphatic carbocycles. The Balaban J connectivity index is 1.35. The Morgan fingerprint density at radius 2 is 1.98 bits per heavy atom. The summed E-state index contributed by atoms with van der Waals surface area (Å²) >= 11 is 0. The van der Waals surface area contributed by atoms with Crippen LogP contribution in [0.15, 0.2) is 41.8 Å². The largest absolute Gasteiger partial charge is 0.384 e. The van der Waals surface area contributed by atoms with E-state index in [1.807, 2.05) is 19.9 Å². The average Bonchev–Trinajstić information content (AvgIpc) is 3.42. The van der Waals surface area contributed by atoms with Gasteiger partial charge in [-0.1, -0.05) is 19.9 Å². The lowest BCUT2D eigenvalue weighted by atomic mass is 9.67. The van der Waals surface area contributed by atoms with Crippen molar-refractivity contribution in [3.63, 3.8) is 0 Å². The second-order valence-corrected chi connectivity index (χ2v) is 12.8. The van der Waals surface area contributed by atoms with Gasteiger partial charge in [0.25, 0.3) is 5.56 Å². The van der Waals surface area contributed by atoms with Crippen LogP contribution in [-0.2, 0) is 36.9 Å². The van der Waals surface area contributed by atoms with Crippen molar-refractivity contribution in [2.45, 2.75) is 83.4 Å². The number of pyridine rings is 1. The van der Waals surface area contributed by atoms with Crippen molar-refractivity contribution in [2.24, 2.45) is 0 Å². The van der Waals surface area contributed by atoms with E-state index in [9.17, 15) is 9.90 Å². The third kappa shape index (κ3) is 4.05. The molecule has 0 radical (unpaired) electrons. The van der Waals surface area contributed by atoms with Crippen molar-refractivity contribution in [1.82, 2.24) is 29.2 Å².